The fourth-order valence-electron chi connectivity index (χ4n) is 0.943. The lowest BCUT2D eigenvalue weighted by atomic mass is 10.2. The predicted octanol–water partition coefficient (Wildman–Crippen LogP) is 3.29. The van der Waals surface area contributed by atoms with Crippen LogP contribution in [-0.2, 0) is 6.18 Å². The maximum absolute atomic E-state index is 12.2. The Labute approximate surface area is 80.5 Å². The van der Waals surface area contributed by atoms with Gasteiger partial charge in [0.1, 0.15) is 5.75 Å². The van der Waals surface area contributed by atoms with E-state index in [9.17, 15) is 13.2 Å². The molecule has 0 aliphatic carbocycles. The van der Waals surface area contributed by atoms with Crippen LogP contribution in [0.2, 0.25) is 0 Å². The molecule has 0 N–H and O–H groups in total. The van der Waals surface area contributed by atoms with E-state index in [1.165, 1.54) is 6.07 Å². The topological polar surface area (TPSA) is 9.23 Å². The third-order valence-corrected chi connectivity index (χ3v) is 1.47. The maximum atomic E-state index is 12.2. The Bertz CT molecular complexity index is 304. The molecule has 0 saturated heterocycles. The molecule has 0 unspecified atom stereocenters. The van der Waals surface area contributed by atoms with Crippen molar-refractivity contribution in [3.8, 4) is 5.75 Å². The van der Waals surface area contributed by atoms with Gasteiger partial charge in [0, 0.05) is 6.07 Å². The molecule has 77 valence electrons. The summed E-state index contributed by atoms with van der Waals surface area (Å²) in [5, 5.41) is 0. The van der Waals surface area contributed by atoms with Crippen molar-refractivity contribution in [3.05, 3.63) is 29.8 Å². The highest BCUT2D eigenvalue weighted by Gasteiger charge is 2.30. The van der Waals surface area contributed by atoms with Gasteiger partial charge in [0.2, 0.25) is 0 Å². The number of hydrogen-bond donors (Lipinski definition) is 0. The zero-order valence-corrected chi connectivity index (χ0v) is 7.85. The molecule has 4 heteroatoms. The molecule has 0 saturated carbocycles. The van der Waals surface area contributed by atoms with Crippen LogP contribution < -0.4 is 4.74 Å². The van der Waals surface area contributed by atoms with Crippen LogP contribution in [0.15, 0.2) is 18.2 Å². The highest BCUT2D eigenvalue weighted by atomic mass is 19.4. The van der Waals surface area contributed by atoms with Crippen LogP contribution in [0, 0.1) is 6.07 Å². The standard InChI is InChI=1S/C10H10F3O/c1-7(2)14-9-5-3-4-8(6-9)10(11,12)13/h3-4,6-7H,1-2H3. The van der Waals surface area contributed by atoms with E-state index in [2.05, 4.69) is 6.07 Å². The van der Waals surface area contributed by atoms with Crippen LogP contribution in [-0.4, -0.2) is 6.10 Å². The van der Waals surface area contributed by atoms with Crippen molar-refractivity contribution in [3.63, 3.8) is 0 Å². The average molecular weight is 203 g/mol. The van der Waals surface area contributed by atoms with E-state index in [-0.39, 0.29) is 11.9 Å². The minimum atomic E-state index is -4.33. The molecule has 0 bridgehead atoms. The van der Waals surface area contributed by atoms with Gasteiger partial charge in [-0.25, -0.2) is 0 Å². The Kier molecular flexibility index (Phi) is 3.03. The third kappa shape index (κ3) is 2.94. The van der Waals surface area contributed by atoms with Gasteiger partial charge >= 0.3 is 6.18 Å². The fourth-order valence-corrected chi connectivity index (χ4v) is 0.943. The summed E-state index contributed by atoms with van der Waals surface area (Å²) in [6, 6.07) is 5.71. The lowest BCUT2D eigenvalue weighted by molar-refractivity contribution is -0.137. The summed E-state index contributed by atoms with van der Waals surface area (Å²) in [7, 11) is 0. The van der Waals surface area contributed by atoms with Crippen LogP contribution in [0.3, 0.4) is 0 Å². The van der Waals surface area contributed by atoms with Crippen LogP contribution in [0.1, 0.15) is 19.4 Å². The molecule has 1 radical (unpaired) electrons. The highest BCUT2D eigenvalue weighted by Crippen LogP contribution is 2.31. The van der Waals surface area contributed by atoms with Crippen molar-refractivity contribution >= 4 is 0 Å². The molecule has 0 fully saturated rings. The number of rotatable bonds is 2. The molecule has 1 aromatic rings. The normalized spacial score (nSPS) is 11.9. The Balaban J connectivity index is 2.90. The molecule has 0 aliphatic rings. The molecule has 14 heavy (non-hydrogen) atoms. The summed E-state index contributed by atoms with van der Waals surface area (Å²) in [5.74, 6) is 0.120. The van der Waals surface area contributed by atoms with Gasteiger partial charge in [-0.05, 0) is 32.0 Å². The van der Waals surface area contributed by atoms with Gasteiger partial charge < -0.3 is 4.74 Å². The molecule has 0 amide bonds. The second kappa shape index (κ2) is 3.90. The fraction of sp³-hybridized carbons (Fsp3) is 0.400. The quantitative estimate of drug-likeness (QED) is 0.716. The van der Waals surface area contributed by atoms with Gasteiger partial charge in [0.05, 0.1) is 11.7 Å². The van der Waals surface area contributed by atoms with Crippen molar-refractivity contribution in [1.29, 1.82) is 0 Å². The maximum Gasteiger partial charge on any atom is 0.416 e. The number of ether oxygens (including phenoxy) is 1. The molecule has 0 heterocycles. The number of hydrogen-bond acceptors (Lipinski definition) is 1. The van der Waals surface area contributed by atoms with Gasteiger partial charge in [0.25, 0.3) is 0 Å². The largest absolute Gasteiger partial charge is 0.490 e. The lowest BCUT2D eigenvalue weighted by Gasteiger charge is -2.11. The summed E-state index contributed by atoms with van der Waals surface area (Å²) in [4.78, 5) is 0. The summed E-state index contributed by atoms with van der Waals surface area (Å²) in [6.45, 7) is 3.49. The van der Waals surface area contributed by atoms with Gasteiger partial charge in [-0.1, -0.05) is 0 Å². The predicted molar refractivity (Wildman–Crippen MR) is 46.0 cm³/mol. The first-order valence-corrected chi connectivity index (χ1v) is 4.15. The van der Waals surface area contributed by atoms with E-state index in [1.807, 2.05) is 0 Å². The van der Waals surface area contributed by atoms with E-state index in [0.717, 1.165) is 12.1 Å². The first-order valence-electron chi connectivity index (χ1n) is 4.15. The molecule has 0 aliphatic heterocycles. The number of benzene rings is 1. The zero-order chi connectivity index (χ0) is 10.8. The summed E-state index contributed by atoms with van der Waals surface area (Å²) >= 11 is 0. The number of alkyl halides is 3. The Morgan fingerprint density at radius 2 is 2.00 bits per heavy atom. The molecule has 0 spiro atoms. The second-order valence-corrected chi connectivity index (χ2v) is 3.11. The molecular formula is C10H10F3O. The van der Waals surface area contributed by atoms with E-state index < -0.39 is 11.7 Å². The molecule has 1 aromatic carbocycles. The second-order valence-electron chi connectivity index (χ2n) is 3.11. The summed E-state index contributed by atoms with van der Waals surface area (Å²) < 4.78 is 41.8. The van der Waals surface area contributed by atoms with Crippen LogP contribution in [0.25, 0.3) is 0 Å². The van der Waals surface area contributed by atoms with Crippen molar-refractivity contribution in [2.75, 3.05) is 0 Å². The third-order valence-electron chi connectivity index (χ3n) is 1.47. The van der Waals surface area contributed by atoms with Gasteiger partial charge in [-0.2, -0.15) is 13.2 Å². The van der Waals surface area contributed by atoms with E-state index in [1.54, 1.807) is 13.8 Å². The highest BCUT2D eigenvalue weighted by molar-refractivity contribution is 5.29. The summed E-state index contributed by atoms with van der Waals surface area (Å²) in [5.41, 5.74) is -0.716. The summed E-state index contributed by atoms with van der Waals surface area (Å²) in [6.07, 6.45) is -4.49. The number of halogens is 3. The van der Waals surface area contributed by atoms with Crippen molar-refractivity contribution in [1.82, 2.24) is 0 Å². The van der Waals surface area contributed by atoms with Gasteiger partial charge in [-0.3, -0.25) is 0 Å². The molecular weight excluding hydrogens is 193 g/mol. The van der Waals surface area contributed by atoms with Crippen molar-refractivity contribution in [2.24, 2.45) is 0 Å². The minimum Gasteiger partial charge on any atom is -0.490 e. The van der Waals surface area contributed by atoms with Gasteiger partial charge in [-0.15, -0.1) is 0 Å². The Morgan fingerprint density at radius 1 is 1.36 bits per heavy atom. The first-order chi connectivity index (χ1) is 6.39. The minimum absolute atomic E-state index is 0.120. The van der Waals surface area contributed by atoms with E-state index >= 15 is 0 Å². The molecule has 0 atom stereocenters. The molecule has 0 aromatic heterocycles. The Hall–Kier alpha value is -1.19. The first kappa shape index (κ1) is 10.9. The van der Waals surface area contributed by atoms with E-state index in [4.69, 9.17) is 4.74 Å². The van der Waals surface area contributed by atoms with Crippen LogP contribution in [0.5, 0.6) is 5.75 Å². The average Bonchev–Trinajstić information content (AvgIpc) is 2.01. The lowest BCUT2D eigenvalue weighted by Crippen LogP contribution is -2.08. The smallest absolute Gasteiger partial charge is 0.416 e. The zero-order valence-electron chi connectivity index (χ0n) is 7.85. The van der Waals surface area contributed by atoms with Crippen molar-refractivity contribution in [2.45, 2.75) is 26.1 Å². The SMILES string of the molecule is CC(C)Oc1[c]ccc(C(F)(F)F)c1. The molecule has 1 nitrogen and oxygen atoms in total. The van der Waals surface area contributed by atoms with Crippen LogP contribution >= 0.6 is 0 Å². The van der Waals surface area contributed by atoms with E-state index in [0.29, 0.717) is 0 Å². The van der Waals surface area contributed by atoms with Gasteiger partial charge in [0.15, 0.2) is 0 Å². The van der Waals surface area contributed by atoms with Crippen molar-refractivity contribution < 1.29 is 17.9 Å². The Morgan fingerprint density at radius 3 is 2.50 bits per heavy atom. The molecule has 1 rings (SSSR count). The van der Waals surface area contributed by atoms with Crippen LogP contribution in [0.4, 0.5) is 13.2 Å². The monoisotopic (exact) mass is 203 g/mol.